The first kappa shape index (κ1) is 20.4. The molecule has 0 atom stereocenters. The maximum absolute atomic E-state index is 13.1. The lowest BCUT2D eigenvalue weighted by atomic mass is 10.2. The summed E-state index contributed by atoms with van der Waals surface area (Å²) >= 11 is 1.46. The van der Waals surface area contributed by atoms with Crippen molar-refractivity contribution >= 4 is 44.4 Å². The van der Waals surface area contributed by atoms with Gasteiger partial charge in [-0.3, -0.25) is 19.8 Å². The molecular formula is C22H19N5O3S. The average molecular weight is 433 g/mol. The first-order chi connectivity index (χ1) is 15.1. The number of anilines is 1. The Kier molecular flexibility index (Phi) is 6.13. The molecule has 9 heteroatoms. The molecule has 0 saturated heterocycles. The van der Waals surface area contributed by atoms with E-state index in [1.54, 1.807) is 35.6 Å². The fourth-order valence-corrected chi connectivity index (χ4v) is 4.10. The Bertz CT molecular complexity index is 1200. The van der Waals surface area contributed by atoms with E-state index in [-0.39, 0.29) is 11.6 Å². The molecule has 0 saturated carbocycles. The predicted octanol–water partition coefficient (Wildman–Crippen LogP) is 4.54. The van der Waals surface area contributed by atoms with Crippen LogP contribution < -0.4 is 4.90 Å². The molecule has 31 heavy (non-hydrogen) atoms. The zero-order chi connectivity index (χ0) is 21.6. The van der Waals surface area contributed by atoms with Crippen molar-refractivity contribution in [1.82, 2.24) is 14.5 Å². The van der Waals surface area contributed by atoms with E-state index in [0.29, 0.717) is 17.2 Å². The molecule has 1 amide bonds. The van der Waals surface area contributed by atoms with Gasteiger partial charge in [-0.15, -0.1) is 0 Å². The maximum atomic E-state index is 13.1. The highest BCUT2D eigenvalue weighted by molar-refractivity contribution is 7.22. The number of fused-ring (bicyclic) bond motifs is 1. The van der Waals surface area contributed by atoms with Crippen LogP contribution in [-0.2, 0) is 11.3 Å². The number of amides is 1. The second kappa shape index (κ2) is 9.31. The number of carbonyl (C=O) groups is 1. The number of hydrogen-bond acceptors (Lipinski definition) is 6. The Morgan fingerprint density at radius 1 is 1.23 bits per heavy atom. The number of nitro benzene ring substituents is 1. The quantitative estimate of drug-likeness (QED) is 0.231. The highest BCUT2D eigenvalue weighted by Gasteiger charge is 2.17. The number of imidazole rings is 1. The summed E-state index contributed by atoms with van der Waals surface area (Å²) in [6.07, 6.45) is 9.09. The van der Waals surface area contributed by atoms with E-state index in [2.05, 4.69) is 9.97 Å². The molecule has 2 aromatic heterocycles. The molecule has 0 aliphatic heterocycles. The lowest BCUT2D eigenvalue weighted by Crippen LogP contribution is -2.30. The topological polar surface area (TPSA) is 94.2 Å². The molecule has 0 spiro atoms. The first-order valence-electron chi connectivity index (χ1n) is 9.65. The summed E-state index contributed by atoms with van der Waals surface area (Å²) in [6.45, 7) is 1.21. The molecule has 2 heterocycles. The van der Waals surface area contributed by atoms with Crippen LogP contribution in [0.4, 0.5) is 10.8 Å². The number of thiazole rings is 1. The molecule has 0 fully saturated rings. The van der Waals surface area contributed by atoms with E-state index < -0.39 is 4.92 Å². The molecule has 0 N–H and O–H groups in total. The number of rotatable bonds is 8. The smallest absolute Gasteiger partial charge is 0.270 e. The van der Waals surface area contributed by atoms with Crippen LogP contribution >= 0.6 is 11.3 Å². The van der Waals surface area contributed by atoms with Gasteiger partial charge in [-0.1, -0.05) is 35.6 Å². The highest BCUT2D eigenvalue weighted by atomic mass is 32.1. The van der Waals surface area contributed by atoms with Crippen molar-refractivity contribution in [2.45, 2.75) is 13.0 Å². The Labute approximate surface area is 182 Å². The van der Waals surface area contributed by atoms with Gasteiger partial charge in [0.2, 0.25) is 0 Å². The van der Waals surface area contributed by atoms with Gasteiger partial charge in [0.1, 0.15) is 0 Å². The van der Waals surface area contributed by atoms with Crippen LogP contribution in [0, 0.1) is 10.1 Å². The van der Waals surface area contributed by atoms with E-state index >= 15 is 0 Å². The number of aryl methyl sites for hydroxylation is 1. The van der Waals surface area contributed by atoms with Gasteiger partial charge >= 0.3 is 0 Å². The van der Waals surface area contributed by atoms with Gasteiger partial charge in [-0.25, -0.2) is 9.97 Å². The minimum absolute atomic E-state index is 0.0158. The summed E-state index contributed by atoms with van der Waals surface area (Å²) < 4.78 is 2.97. The van der Waals surface area contributed by atoms with Crippen molar-refractivity contribution in [3.63, 3.8) is 0 Å². The van der Waals surface area contributed by atoms with Crippen LogP contribution in [0.5, 0.6) is 0 Å². The van der Waals surface area contributed by atoms with Crippen molar-refractivity contribution in [1.29, 1.82) is 0 Å². The van der Waals surface area contributed by atoms with Gasteiger partial charge in [0.15, 0.2) is 5.13 Å². The molecule has 0 aliphatic rings. The number of benzene rings is 2. The van der Waals surface area contributed by atoms with E-state index in [4.69, 9.17) is 0 Å². The Balaban J connectivity index is 1.55. The number of aromatic nitrogens is 3. The average Bonchev–Trinajstić information content (AvgIpc) is 3.45. The number of carbonyl (C=O) groups excluding carboxylic acids is 1. The molecule has 4 aromatic rings. The highest BCUT2D eigenvalue weighted by Crippen LogP contribution is 2.29. The molecule has 0 radical (unpaired) electrons. The Morgan fingerprint density at radius 2 is 2.10 bits per heavy atom. The normalized spacial score (nSPS) is 11.2. The summed E-state index contributed by atoms with van der Waals surface area (Å²) in [4.78, 5) is 33.9. The van der Waals surface area contributed by atoms with Gasteiger partial charge in [-0.2, -0.15) is 0 Å². The zero-order valence-corrected chi connectivity index (χ0v) is 17.3. The summed E-state index contributed by atoms with van der Waals surface area (Å²) in [6, 6.07) is 13.9. The molecular weight excluding hydrogens is 414 g/mol. The Morgan fingerprint density at radius 3 is 2.87 bits per heavy atom. The van der Waals surface area contributed by atoms with Crippen LogP contribution in [0.25, 0.3) is 16.3 Å². The van der Waals surface area contributed by atoms with E-state index in [0.717, 1.165) is 23.2 Å². The number of non-ortho nitro benzene ring substituents is 1. The molecule has 0 aliphatic carbocycles. The summed E-state index contributed by atoms with van der Waals surface area (Å²) in [7, 11) is 0. The van der Waals surface area contributed by atoms with Gasteiger partial charge in [0.25, 0.3) is 11.6 Å². The van der Waals surface area contributed by atoms with Crippen molar-refractivity contribution < 1.29 is 9.72 Å². The van der Waals surface area contributed by atoms with Crippen LogP contribution in [0.1, 0.15) is 12.0 Å². The maximum Gasteiger partial charge on any atom is 0.270 e. The second-order valence-electron chi connectivity index (χ2n) is 6.79. The van der Waals surface area contributed by atoms with Crippen molar-refractivity contribution in [3.8, 4) is 0 Å². The third-order valence-corrected chi connectivity index (χ3v) is 5.70. The second-order valence-corrected chi connectivity index (χ2v) is 7.80. The van der Waals surface area contributed by atoms with E-state index in [9.17, 15) is 14.9 Å². The fraction of sp³-hybridized carbons (Fsp3) is 0.136. The van der Waals surface area contributed by atoms with Crippen molar-refractivity contribution in [3.05, 3.63) is 89.0 Å². The largest absolute Gasteiger partial charge is 0.337 e. The number of nitro groups is 1. The monoisotopic (exact) mass is 433 g/mol. The molecule has 0 unspecified atom stereocenters. The standard InChI is InChI=1S/C22H19N5O3S/c28-21(10-9-17-5-3-6-18(15-17)27(29)30)26(13-4-12-25-14-11-23-16-25)22-24-19-7-1-2-8-20(19)31-22/h1-3,5-11,14-16H,4,12-13H2/b10-9+. The van der Waals surface area contributed by atoms with E-state index in [1.807, 2.05) is 35.0 Å². The summed E-state index contributed by atoms with van der Waals surface area (Å²) in [5.41, 5.74) is 1.42. The molecule has 4 rings (SSSR count). The SMILES string of the molecule is O=C(/C=C/c1cccc([N+](=O)[O-])c1)N(CCCn1ccnc1)c1nc2ccccc2s1. The minimum atomic E-state index is -0.456. The van der Waals surface area contributed by atoms with Gasteiger partial charge in [-0.05, 0) is 30.2 Å². The predicted molar refractivity (Wildman–Crippen MR) is 121 cm³/mol. The van der Waals surface area contributed by atoms with Gasteiger partial charge in [0, 0.05) is 43.7 Å². The van der Waals surface area contributed by atoms with Crippen molar-refractivity contribution in [2.24, 2.45) is 0 Å². The lowest BCUT2D eigenvalue weighted by Gasteiger charge is -2.18. The minimum Gasteiger partial charge on any atom is -0.337 e. The van der Waals surface area contributed by atoms with E-state index in [1.165, 1.54) is 29.5 Å². The van der Waals surface area contributed by atoms with Crippen LogP contribution in [0.3, 0.4) is 0 Å². The Hall–Kier alpha value is -3.85. The third kappa shape index (κ3) is 5.01. The van der Waals surface area contributed by atoms with Crippen LogP contribution in [0.15, 0.2) is 73.3 Å². The van der Waals surface area contributed by atoms with Gasteiger partial charge < -0.3 is 4.57 Å². The lowest BCUT2D eigenvalue weighted by molar-refractivity contribution is -0.384. The number of hydrogen-bond donors (Lipinski definition) is 0. The molecule has 156 valence electrons. The fourth-order valence-electron chi connectivity index (χ4n) is 3.11. The first-order valence-corrected chi connectivity index (χ1v) is 10.5. The summed E-state index contributed by atoms with van der Waals surface area (Å²) in [5.74, 6) is -0.226. The van der Waals surface area contributed by atoms with Crippen LogP contribution in [0.2, 0.25) is 0 Å². The van der Waals surface area contributed by atoms with Crippen molar-refractivity contribution in [2.75, 3.05) is 11.4 Å². The van der Waals surface area contributed by atoms with Crippen LogP contribution in [-0.4, -0.2) is 31.9 Å². The third-order valence-electron chi connectivity index (χ3n) is 4.64. The molecule has 0 bridgehead atoms. The number of para-hydroxylation sites is 1. The number of nitrogens with zero attached hydrogens (tertiary/aromatic N) is 5. The summed E-state index contributed by atoms with van der Waals surface area (Å²) in [5, 5.41) is 11.6. The van der Waals surface area contributed by atoms with Gasteiger partial charge in [0.05, 0.1) is 21.5 Å². The zero-order valence-electron chi connectivity index (χ0n) is 16.5. The molecule has 8 nitrogen and oxygen atoms in total. The molecule has 2 aromatic carbocycles.